The van der Waals surface area contributed by atoms with E-state index in [2.05, 4.69) is 10.3 Å². The van der Waals surface area contributed by atoms with E-state index in [1.54, 1.807) is 29.2 Å². The third-order valence-electron chi connectivity index (χ3n) is 3.04. The second-order valence-electron chi connectivity index (χ2n) is 5.09. The molecule has 2 aromatic rings. The van der Waals surface area contributed by atoms with Crippen molar-refractivity contribution in [3.8, 4) is 0 Å². The summed E-state index contributed by atoms with van der Waals surface area (Å²) in [7, 11) is 0. The van der Waals surface area contributed by atoms with Crippen molar-refractivity contribution in [2.45, 2.75) is 26.4 Å². The molecule has 0 aliphatic carbocycles. The Morgan fingerprint density at radius 2 is 2.17 bits per heavy atom. The highest BCUT2D eigenvalue weighted by molar-refractivity contribution is 7.09. The average Bonchev–Trinajstić information content (AvgIpc) is 2.93. The topological polar surface area (TPSA) is 82.5 Å². The monoisotopic (exact) mass is 353 g/mol. The summed E-state index contributed by atoms with van der Waals surface area (Å²) in [6, 6.07) is 6.50. The Morgan fingerprint density at radius 3 is 2.74 bits per heavy atom. The number of halogens is 1. The maximum atomic E-state index is 12.4. The predicted octanol–water partition coefficient (Wildman–Crippen LogP) is 3.94. The van der Waals surface area contributed by atoms with Crippen molar-refractivity contribution in [1.82, 2.24) is 9.88 Å². The summed E-state index contributed by atoms with van der Waals surface area (Å²) in [5.41, 5.74) is 0.586. The molecule has 0 saturated carbocycles. The molecule has 0 aliphatic rings. The molecule has 0 aliphatic heterocycles. The average molecular weight is 354 g/mol. The van der Waals surface area contributed by atoms with Crippen molar-refractivity contribution in [3.63, 3.8) is 0 Å². The number of nitrogens with one attached hydrogen (secondary N) is 1. The van der Waals surface area contributed by atoms with E-state index in [0.29, 0.717) is 15.7 Å². The quantitative estimate of drug-likeness (QED) is 0.852. The minimum atomic E-state index is -1.08. The summed E-state index contributed by atoms with van der Waals surface area (Å²) >= 11 is 7.12. The first-order valence-corrected chi connectivity index (χ1v) is 8.13. The van der Waals surface area contributed by atoms with Gasteiger partial charge < -0.3 is 15.3 Å². The number of hydrogen-bond acceptors (Lipinski definition) is 4. The first-order valence-electron chi connectivity index (χ1n) is 6.87. The van der Waals surface area contributed by atoms with Crippen LogP contribution in [0.15, 0.2) is 29.6 Å². The molecule has 0 bridgehead atoms. The number of thiazole rings is 1. The number of carbonyl (C=O) groups excluding carboxylic acids is 1. The summed E-state index contributed by atoms with van der Waals surface area (Å²) in [5, 5.41) is 14.2. The molecule has 23 heavy (non-hydrogen) atoms. The maximum absolute atomic E-state index is 12.4. The van der Waals surface area contributed by atoms with E-state index in [1.807, 2.05) is 13.8 Å². The predicted molar refractivity (Wildman–Crippen MR) is 90.2 cm³/mol. The van der Waals surface area contributed by atoms with E-state index in [0.717, 1.165) is 0 Å². The standard InChI is InChI=1S/C15H16ClN3O3S/c1-9(2)19(7-13-18-12(8-23-13)14(20)21)15(22)17-11-5-3-4-10(16)6-11/h3-6,8-9H,7H2,1-2H3,(H,17,22)(H,20,21). The molecule has 6 nitrogen and oxygen atoms in total. The molecule has 122 valence electrons. The zero-order chi connectivity index (χ0) is 17.0. The normalized spacial score (nSPS) is 10.6. The molecule has 0 saturated heterocycles. The molecule has 2 amide bonds. The second-order valence-corrected chi connectivity index (χ2v) is 6.47. The van der Waals surface area contributed by atoms with Crippen LogP contribution in [-0.4, -0.2) is 33.0 Å². The first-order chi connectivity index (χ1) is 10.9. The van der Waals surface area contributed by atoms with Crippen LogP contribution in [0.25, 0.3) is 0 Å². The van der Waals surface area contributed by atoms with Crippen LogP contribution < -0.4 is 5.32 Å². The number of nitrogens with zero attached hydrogens (tertiary/aromatic N) is 2. The Kier molecular flexibility index (Phi) is 5.57. The lowest BCUT2D eigenvalue weighted by molar-refractivity contribution is 0.0691. The van der Waals surface area contributed by atoms with Gasteiger partial charge >= 0.3 is 12.0 Å². The Morgan fingerprint density at radius 1 is 1.43 bits per heavy atom. The van der Waals surface area contributed by atoms with Crippen molar-refractivity contribution in [2.24, 2.45) is 0 Å². The molecule has 0 atom stereocenters. The molecule has 0 unspecified atom stereocenters. The van der Waals surface area contributed by atoms with Crippen molar-refractivity contribution < 1.29 is 14.7 Å². The van der Waals surface area contributed by atoms with Gasteiger partial charge in [0.25, 0.3) is 0 Å². The van der Waals surface area contributed by atoms with Gasteiger partial charge in [-0.3, -0.25) is 0 Å². The smallest absolute Gasteiger partial charge is 0.355 e. The van der Waals surface area contributed by atoms with Crippen LogP contribution in [0.2, 0.25) is 5.02 Å². The summed E-state index contributed by atoms with van der Waals surface area (Å²) in [6.07, 6.45) is 0. The minimum absolute atomic E-state index is 0.0102. The van der Waals surface area contributed by atoms with Gasteiger partial charge in [-0.2, -0.15) is 0 Å². The lowest BCUT2D eigenvalue weighted by atomic mass is 10.3. The van der Waals surface area contributed by atoms with Gasteiger partial charge in [-0.1, -0.05) is 17.7 Å². The molecule has 2 rings (SSSR count). The van der Waals surface area contributed by atoms with E-state index in [4.69, 9.17) is 16.7 Å². The maximum Gasteiger partial charge on any atom is 0.355 e. The van der Waals surface area contributed by atoms with E-state index in [1.165, 1.54) is 16.7 Å². The van der Waals surface area contributed by atoms with Gasteiger partial charge in [-0.25, -0.2) is 14.6 Å². The lowest BCUT2D eigenvalue weighted by Crippen LogP contribution is -2.39. The summed E-state index contributed by atoms with van der Waals surface area (Å²) < 4.78 is 0. The number of anilines is 1. The van der Waals surface area contributed by atoms with E-state index < -0.39 is 5.97 Å². The molecular weight excluding hydrogens is 338 g/mol. The fraction of sp³-hybridized carbons (Fsp3) is 0.267. The molecule has 1 aromatic carbocycles. The molecule has 0 spiro atoms. The number of hydrogen-bond donors (Lipinski definition) is 2. The summed E-state index contributed by atoms with van der Waals surface area (Å²) in [6.45, 7) is 3.99. The third-order valence-corrected chi connectivity index (χ3v) is 4.11. The number of urea groups is 1. The molecular formula is C15H16ClN3O3S. The van der Waals surface area contributed by atoms with Crippen molar-refractivity contribution in [1.29, 1.82) is 0 Å². The highest BCUT2D eigenvalue weighted by Crippen LogP contribution is 2.18. The fourth-order valence-electron chi connectivity index (χ4n) is 1.88. The molecule has 0 radical (unpaired) electrons. The van der Waals surface area contributed by atoms with E-state index in [-0.39, 0.29) is 24.3 Å². The van der Waals surface area contributed by atoms with Gasteiger partial charge in [0.05, 0.1) is 6.54 Å². The Labute approximate surface area is 142 Å². The number of carbonyl (C=O) groups is 2. The van der Waals surface area contributed by atoms with Crippen LogP contribution in [0.3, 0.4) is 0 Å². The number of amides is 2. The van der Waals surface area contributed by atoms with Crippen LogP contribution in [0, 0.1) is 0 Å². The number of carboxylic acid groups (broad SMARTS) is 1. The number of aromatic carboxylic acids is 1. The highest BCUT2D eigenvalue weighted by Gasteiger charge is 2.20. The van der Waals surface area contributed by atoms with Crippen molar-refractivity contribution >= 4 is 40.6 Å². The molecule has 0 fully saturated rings. The molecule has 1 aromatic heterocycles. The minimum Gasteiger partial charge on any atom is -0.476 e. The van der Waals surface area contributed by atoms with Gasteiger partial charge in [-0.15, -0.1) is 11.3 Å². The Balaban J connectivity index is 2.10. The summed E-state index contributed by atoms with van der Waals surface area (Å²) in [4.78, 5) is 28.9. The first kappa shape index (κ1) is 17.2. The number of carboxylic acids is 1. The van der Waals surface area contributed by atoms with Gasteiger partial charge in [0.2, 0.25) is 0 Å². The van der Waals surface area contributed by atoms with Crippen LogP contribution in [-0.2, 0) is 6.54 Å². The van der Waals surface area contributed by atoms with Crippen LogP contribution >= 0.6 is 22.9 Å². The van der Waals surface area contributed by atoms with Gasteiger partial charge in [0.1, 0.15) is 5.01 Å². The zero-order valence-electron chi connectivity index (χ0n) is 12.6. The van der Waals surface area contributed by atoms with Gasteiger partial charge in [0, 0.05) is 22.1 Å². The SMILES string of the molecule is CC(C)N(Cc1nc(C(=O)O)cs1)C(=O)Nc1cccc(Cl)c1. The van der Waals surface area contributed by atoms with Crippen LogP contribution in [0.4, 0.5) is 10.5 Å². The Hall–Kier alpha value is -2.12. The largest absolute Gasteiger partial charge is 0.476 e. The lowest BCUT2D eigenvalue weighted by Gasteiger charge is -2.26. The number of benzene rings is 1. The molecule has 1 heterocycles. The zero-order valence-corrected chi connectivity index (χ0v) is 14.2. The van der Waals surface area contributed by atoms with Gasteiger partial charge in [-0.05, 0) is 32.0 Å². The van der Waals surface area contributed by atoms with E-state index in [9.17, 15) is 9.59 Å². The van der Waals surface area contributed by atoms with E-state index >= 15 is 0 Å². The summed E-state index contributed by atoms with van der Waals surface area (Å²) in [5.74, 6) is -1.08. The third kappa shape index (κ3) is 4.67. The van der Waals surface area contributed by atoms with Crippen LogP contribution in [0.1, 0.15) is 29.3 Å². The second kappa shape index (κ2) is 7.43. The Bertz CT molecular complexity index is 717. The van der Waals surface area contributed by atoms with Crippen LogP contribution in [0.5, 0.6) is 0 Å². The van der Waals surface area contributed by atoms with Gasteiger partial charge in [0.15, 0.2) is 5.69 Å². The highest BCUT2D eigenvalue weighted by atomic mass is 35.5. The molecule has 8 heteroatoms. The number of rotatable bonds is 5. The van der Waals surface area contributed by atoms with Crippen molar-refractivity contribution in [3.05, 3.63) is 45.4 Å². The molecule has 2 N–H and O–H groups in total. The fourth-order valence-corrected chi connectivity index (χ4v) is 2.83. The van der Waals surface area contributed by atoms with Crippen molar-refractivity contribution in [2.75, 3.05) is 5.32 Å². The number of aromatic nitrogens is 1.